The first-order valence-electron chi connectivity index (χ1n) is 5.82. The minimum absolute atomic E-state index is 0.0105. The lowest BCUT2D eigenvalue weighted by atomic mass is 9.92. The number of benzene rings is 2. The Balaban J connectivity index is 2.17. The zero-order chi connectivity index (χ0) is 12.7. The Hall–Kier alpha value is -1.80. The van der Waals surface area contributed by atoms with Crippen LogP contribution in [0.1, 0.15) is 22.6 Å². The molecule has 0 bridgehead atoms. The summed E-state index contributed by atoms with van der Waals surface area (Å²) in [6.07, 6.45) is 0. The van der Waals surface area contributed by atoms with E-state index in [9.17, 15) is 4.79 Å². The molecule has 1 aliphatic rings. The van der Waals surface area contributed by atoms with Gasteiger partial charge in [0.15, 0.2) is 0 Å². The molecule has 2 aromatic rings. The van der Waals surface area contributed by atoms with Crippen molar-refractivity contribution in [2.75, 3.05) is 5.32 Å². The molecule has 0 fully saturated rings. The number of amides is 1. The second-order valence-electron chi connectivity index (χ2n) is 4.53. The van der Waals surface area contributed by atoms with Gasteiger partial charge in [-0.05, 0) is 30.2 Å². The SMILES string of the molecule is Cc1ccc2c(c1)C(c1ccccc1Cl)C(=O)N2. The van der Waals surface area contributed by atoms with Crippen LogP contribution in [0, 0.1) is 6.92 Å². The van der Waals surface area contributed by atoms with E-state index in [0.717, 1.165) is 22.4 Å². The molecule has 2 nitrogen and oxygen atoms in total. The van der Waals surface area contributed by atoms with Crippen molar-refractivity contribution in [3.05, 3.63) is 64.2 Å². The highest BCUT2D eigenvalue weighted by Crippen LogP contribution is 2.39. The summed E-state index contributed by atoms with van der Waals surface area (Å²) in [4.78, 5) is 12.1. The molecule has 0 aromatic heterocycles. The average Bonchev–Trinajstić information content (AvgIpc) is 2.66. The minimum Gasteiger partial charge on any atom is -0.325 e. The highest BCUT2D eigenvalue weighted by molar-refractivity contribution is 6.32. The van der Waals surface area contributed by atoms with Crippen molar-refractivity contribution in [2.24, 2.45) is 0 Å². The summed E-state index contributed by atoms with van der Waals surface area (Å²) in [5.41, 5.74) is 3.90. The molecule has 0 saturated carbocycles. The number of nitrogens with one attached hydrogen (secondary N) is 1. The van der Waals surface area contributed by atoms with Crippen LogP contribution in [0.3, 0.4) is 0 Å². The van der Waals surface area contributed by atoms with Crippen LogP contribution >= 0.6 is 11.6 Å². The van der Waals surface area contributed by atoms with E-state index in [1.807, 2.05) is 49.4 Å². The Morgan fingerprint density at radius 1 is 1.11 bits per heavy atom. The van der Waals surface area contributed by atoms with Crippen LogP contribution in [0.4, 0.5) is 5.69 Å². The van der Waals surface area contributed by atoms with Crippen molar-refractivity contribution in [2.45, 2.75) is 12.8 Å². The number of carbonyl (C=O) groups is 1. The largest absolute Gasteiger partial charge is 0.325 e. The molecule has 1 amide bonds. The van der Waals surface area contributed by atoms with E-state index in [0.29, 0.717) is 5.02 Å². The molecule has 0 saturated heterocycles. The Morgan fingerprint density at radius 2 is 1.89 bits per heavy atom. The van der Waals surface area contributed by atoms with Gasteiger partial charge in [0.25, 0.3) is 0 Å². The number of anilines is 1. The maximum atomic E-state index is 12.1. The third-order valence-corrected chi connectivity index (χ3v) is 3.60. The van der Waals surface area contributed by atoms with Gasteiger partial charge in [0.05, 0.1) is 5.92 Å². The molecule has 1 aliphatic heterocycles. The lowest BCUT2D eigenvalue weighted by Gasteiger charge is -2.11. The molecule has 1 N–H and O–H groups in total. The van der Waals surface area contributed by atoms with Gasteiger partial charge in [-0.3, -0.25) is 4.79 Å². The Kier molecular flexibility index (Phi) is 2.60. The number of carbonyl (C=O) groups excluding carboxylic acids is 1. The molecule has 0 radical (unpaired) electrons. The second-order valence-corrected chi connectivity index (χ2v) is 4.94. The van der Waals surface area contributed by atoms with E-state index >= 15 is 0 Å². The van der Waals surface area contributed by atoms with Gasteiger partial charge in [-0.15, -0.1) is 0 Å². The fourth-order valence-electron chi connectivity index (χ4n) is 2.40. The number of aryl methyl sites for hydroxylation is 1. The molecular weight excluding hydrogens is 246 g/mol. The van der Waals surface area contributed by atoms with Gasteiger partial charge < -0.3 is 5.32 Å². The van der Waals surface area contributed by atoms with Crippen LogP contribution in [-0.2, 0) is 4.79 Å². The van der Waals surface area contributed by atoms with E-state index in [1.54, 1.807) is 0 Å². The van der Waals surface area contributed by atoms with E-state index in [2.05, 4.69) is 5.32 Å². The number of rotatable bonds is 1. The third kappa shape index (κ3) is 1.70. The molecular formula is C15H12ClNO. The van der Waals surface area contributed by atoms with Crippen LogP contribution in [-0.4, -0.2) is 5.91 Å². The first-order valence-corrected chi connectivity index (χ1v) is 6.20. The maximum Gasteiger partial charge on any atom is 0.236 e. The molecule has 3 rings (SSSR count). The average molecular weight is 258 g/mol. The van der Waals surface area contributed by atoms with Crippen molar-refractivity contribution < 1.29 is 4.79 Å². The molecule has 90 valence electrons. The molecule has 0 aliphatic carbocycles. The van der Waals surface area contributed by atoms with Crippen molar-refractivity contribution in [1.82, 2.24) is 0 Å². The zero-order valence-corrected chi connectivity index (χ0v) is 10.7. The van der Waals surface area contributed by atoms with Gasteiger partial charge in [-0.2, -0.15) is 0 Å². The smallest absolute Gasteiger partial charge is 0.236 e. The summed E-state index contributed by atoms with van der Waals surface area (Å²) in [5.74, 6) is -0.308. The first kappa shape index (κ1) is 11.3. The summed E-state index contributed by atoms with van der Waals surface area (Å²) in [6, 6.07) is 13.5. The van der Waals surface area contributed by atoms with Gasteiger partial charge in [-0.25, -0.2) is 0 Å². The quantitative estimate of drug-likeness (QED) is 0.829. The van der Waals surface area contributed by atoms with E-state index < -0.39 is 0 Å². The lowest BCUT2D eigenvalue weighted by molar-refractivity contribution is -0.116. The Morgan fingerprint density at radius 3 is 2.67 bits per heavy atom. The fraction of sp³-hybridized carbons (Fsp3) is 0.133. The normalized spacial score (nSPS) is 17.4. The monoisotopic (exact) mass is 257 g/mol. The standard InChI is InChI=1S/C15H12ClNO/c1-9-6-7-13-11(8-9)14(15(18)17-13)10-4-2-3-5-12(10)16/h2-8,14H,1H3,(H,17,18). The van der Waals surface area contributed by atoms with Gasteiger partial charge in [0.1, 0.15) is 0 Å². The highest BCUT2D eigenvalue weighted by atomic mass is 35.5. The van der Waals surface area contributed by atoms with Gasteiger partial charge in [-0.1, -0.05) is 47.5 Å². The van der Waals surface area contributed by atoms with Crippen molar-refractivity contribution in [3.8, 4) is 0 Å². The third-order valence-electron chi connectivity index (χ3n) is 3.25. The highest BCUT2D eigenvalue weighted by Gasteiger charge is 2.32. The Bertz CT molecular complexity index is 636. The maximum absolute atomic E-state index is 12.1. The summed E-state index contributed by atoms with van der Waals surface area (Å²) >= 11 is 6.20. The minimum atomic E-state index is -0.298. The van der Waals surface area contributed by atoms with Crippen LogP contribution in [0.5, 0.6) is 0 Å². The van der Waals surface area contributed by atoms with E-state index in [1.165, 1.54) is 0 Å². The number of halogens is 1. The summed E-state index contributed by atoms with van der Waals surface area (Å²) in [5, 5.41) is 3.53. The summed E-state index contributed by atoms with van der Waals surface area (Å²) in [6.45, 7) is 2.02. The van der Waals surface area contributed by atoms with E-state index in [-0.39, 0.29) is 11.8 Å². The molecule has 1 unspecified atom stereocenters. The van der Waals surface area contributed by atoms with Crippen LogP contribution in [0.15, 0.2) is 42.5 Å². The van der Waals surface area contributed by atoms with Crippen molar-refractivity contribution >= 4 is 23.2 Å². The van der Waals surface area contributed by atoms with Crippen molar-refractivity contribution in [1.29, 1.82) is 0 Å². The van der Waals surface area contributed by atoms with Crippen LogP contribution in [0.25, 0.3) is 0 Å². The molecule has 1 atom stereocenters. The molecule has 2 aromatic carbocycles. The summed E-state index contributed by atoms with van der Waals surface area (Å²) < 4.78 is 0. The number of fused-ring (bicyclic) bond motifs is 1. The van der Waals surface area contributed by atoms with E-state index in [4.69, 9.17) is 11.6 Å². The zero-order valence-electron chi connectivity index (χ0n) is 9.91. The summed E-state index contributed by atoms with van der Waals surface area (Å²) in [7, 11) is 0. The Labute approximate surface area is 111 Å². The molecule has 0 spiro atoms. The van der Waals surface area contributed by atoms with Gasteiger partial charge >= 0.3 is 0 Å². The predicted molar refractivity (Wildman–Crippen MR) is 73.1 cm³/mol. The lowest BCUT2D eigenvalue weighted by Crippen LogP contribution is -2.13. The van der Waals surface area contributed by atoms with Crippen LogP contribution < -0.4 is 5.32 Å². The first-order chi connectivity index (χ1) is 8.66. The topological polar surface area (TPSA) is 29.1 Å². The van der Waals surface area contributed by atoms with Gasteiger partial charge in [0, 0.05) is 10.7 Å². The molecule has 3 heteroatoms. The molecule has 1 heterocycles. The number of hydrogen-bond donors (Lipinski definition) is 1. The fourth-order valence-corrected chi connectivity index (χ4v) is 2.64. The second kappa shape index (κ2) is 4.14. The predicted octanol–water partition coefficient (Wildman–Crippen LogP) is 3.73. The number of hydrogen-bond acceptors (Lipinski definition) is 1. The van der Waals surface area contributed by atoms with Gasteiger partial charge in [0.2, 0.25) is 5.91 Å². The van der Waals surface area contributed by atoms with Crippen LogP contribution in [0.2, 0.25) is 5.02 Å². The molecule has 18 heavy (non-hydrogen) atoms. The van der Waals surface area contributed by atoms with Crippen molar-refractivity contribution in [3.63, 3.8) is 0 Å².